The number of nitrogens with zero attached hydrogens (tertiary/aromatic N) is 5. The molecule has 0 aliphatic carbocycles. The number of hydrogen-bond donors (Lipinski definition) is 2. The van der Waals surface area contributed by atoms with Gasteiger partial charge in [0.25, 0.3) is 0 Å². The number of aliphatic imine (C=N–C) groups is 1. The topological polar surface area (TPSA) is 68.7 Å². The molecule has 1 fully saturated rings. The molecule has 168 valence electrons. The summed E-state index contributed by atoms with van der Waals surface area (Å²) in [5, 5.41) is 6.87. The summed E-state index contributed by atoms with van der Waals surface area (Å²) in [7, 11) is 0. The lowest BCUT2D eigenvalue weighted by Gasteiger charge is -2.34. The van der Waals surface area contributed by atoms with Gasteiger partial charge in [0, 0.05) is 57.1 Å². The van der Waals surface area contributed by atoms with E-state index < -0.39 is 0 Å². The molecule has 2 heterocycles. The minimum atomic E-state index is 0.00571. The van der Waals surface area contributed by atoms with Gasteiger partial charge in [-0.3, -0.25) is 9.89 Å². The van der Waals surface area contributed by atoms with Gasteiger partial charge in [0.2, 0.25) is 5.95 Å². The monoisotopic (exact) mass is 423 g/mol. The third kappa shape index (κ3) is 7.21. The van der Waals surface area contributed by atoms with E-state index in [1.54, 1.807) is 0 Å². The van der Waals surface area contributed by atoms with Gasteiger partial charge in [0.1, 0.15) is 0 Å². The quantitative estimate of drug-likeness (QED) is 0.367. The van der Waals surface area contributed by atoms with Crippen LogP contribution in [-0.2, 0) is 5.41 Å². The van der Waals surface area contributed by atoms with Crippen molar-refractivity contribution in [3.63, 3.8) is 0 Å². The molecule has 1 aromatic carbocycles. The van der Waals surface area contributed by atoms with Crippen LogP contribution in [-0.4, -0.2) is 73.2 Å². The minimum absolute atomic E-state index is 0.00571. The van der Waals surface area contributed by atoms with Crippen LogP contribution in [0.25, 0.3) is 0 Å². The summed E-state index contributed by atoms with van der Waals surface area (Å²) >= 11 is 0. The van der Waals surface area contributed by atoms with Gasteiger partial charge in [-0.1, -0.05) is 44.2 Å². The fourth-order valence-corrected chi connectivity index (χ4v) is 3.73. The van der Waals surface area contributed by atoms with E-state index in [0.717, 1.165) is 70.7 Å². The second-order valence-corrected chi connectivity index (χ2v) is 8.60. The second kappa shape index (κ2) is 11.6. The lowest BCUT2D eigenvalue weighted by Crippen LogP contribution is -2.47. The predicted octanol–water partition coefficient (Wildman–Crippen LogP) is 2.52. The first-order valence-electron chi connectivity index (χ1n) is 11.4. The Kier molecular flexibility index (Phi) is 8.64. The summed E-state index contributed by atoms with van der Waals surface area (Å²) in [5.74, 6) is 1.74. The maximum absolute atomic E-state index is 4.85. The number of benzene rings is 1. The average Bonchev–Trinajstić information content (AvgIpc) is 2.82. The molecular formula is C24H37N7. The van der Waals surface area contributed by atoms with Gasteiger partial charge in [-0.25, -0.2) is 9.97 Å². The standard InChI is InChI=1S/C24H37N7/c1-4-25-22(29-20-24(2,3)21-10-6-5-7-11-21)26-14-9-15-30-16-18-31(19-17-30)23-27-12-8-13-28-23/h5-8,10-13H,4,9,14-20H2,1-3H3,(H2,25,26,29). The SMILES string of the molecule is CCNC(=NCC(C)(C)c1ccccc1)NCCCN1CCN(c2ncccn2)CC1. The van der Waals surface area contributed by atoms with E-state index >= 15 is 0 Å². The Hall–Kier alpha value is -2.67. The molecule has 3 rings (SSSR count). The molecule has 0 spiro atoms. The van der Waals surface area contributed by atoms with Crippen molar-refractivity contribution in [1.29, 1.82) is 0 Å². The lowest BCUT2D eigenvalue weighted by molar-refractivity contribution is 0.254. The molecule has 1 saturated heterocycles. The average molecular weight is 424 g/mol. The number of aromatic nitrogens is 2. The Balaban J connectivity index is 1.39. The van der Waals surface area contributed by atoms with E-state index in [2.05, 4.69) is 81.5 Å². The van der Waals surface area contributed by atoms with Crippen molar-refractivity contribution in [3.8, 4) is 0 Å². The lowest BCUT2D eigenvalue weighted by atomic mass is 9.85. The highest BCUT2D eigenvalue weighted by molar-refractivity contribution is 5.79. The van der Waals surface area contributed by atoms with Gasteiger partial charge in [0.15, 0.2) is 5.96 Å². The summed E-state index contributed by atoms with van der Waals surface area (Å²) in [6.45, 7) is 14.3. The van der Waals surface area contributed by atoms with Crippen molar-refractivity contribution in [1.82, 2.24) is 25.5 Å². The maximum atomic E-state index is 4.85. The van der Waals surface area contributed by atoms with E-state index in [-0.39, 0.29) is 5.41 Å². The Labute approximate surface area is 187 Å². The molecule has 0 saturated carbocycles. The molecule has 0 bridgehead atoms. The highest BCUT2D eigenvalue weighted by Gasteiger charge is 2.20. The number of nitrogens with one attached hydrogen (secondary N) is 2. The molecule has 0 atom stereocenters. The fraction of sp³-hybridized carbons (Fsp3) is 0.542. The van der Waals surface area contributed by atoms with E-state index in [9.17, 15) is 0 Å². The number of rotatable bonds is 9. The number of piperazine rings is 1. The minimum Gasteiger partial charge on any atom is -0.357 e. The van der Waals surface area contributed by atoms with Crippen molar-refractivity contribution < 1.29 is 0 Å². The first-order chi connectivity index (χ1) is 15.1. The van der Waals surface area contributed by atoms with Crippen LogP contribution in [0.5, 0.6) is 0 Å². The Morgan fingerprint density at radius 2 is 1.71 bits per heavy atom. The highest BCUT2D eigenvalue weighted by atomic mass is 15.3. The van der Waals surface area contributed by atoms with Crippen molar-refractivity contribution in [2.75, 3.05) is 57.3 Å². The van der Waals surface area contributed by atoms with Gasteiger partial charge in [-0.2, -0.15) is 0 Å². The van der Waals surface area contributed by atoms with Crippen LogP contribution in [0.15, 0.2) is 53.8 Å². The molecule has 2 aromatic rings. The van der Waals surface area contributed by atoms with Gasteiger partial charge < -0.3 is 15.5 Å². The maximum Gasteiger partial charge on any atom is 0.225 e. The summed E-state index contributed by atoms with van der Waals surface area (Å²) in [5.41, 5.74) is 1.32. The first kappa shape index (κ1) is 23.0. The second-order valence-electron chi connectivity index (χ2n) is 8.60. The summed E-state index contributed by atoms with van der Waals surface area (Å²) in [6.07, 6.45) is 4.71. The van der Waals surface area contributed by atoms with Crippen LogP contribution in [0.2, 0.25) is 0 Å². The van der Waals surface area contributed by atoms with Gasteiger partial charge in [0.05, 0.1) is 6.54 Å². The summed E-state index contributed by atoms with van der Waals surface area (Å²) < 4.78 is 0. The molecule has 31 heavy (non-hydrogen) atoms. The molecule has 0 amide bonds. The highest BCUT2D eigenvalue weighted by Crippen LogP contribution is 2.22. The molecule has 7 nitrogen and oxygen atoms in total. The Bertz CT molecular complexity index is 784. The van der Waals surface area contributed by atoms with Crippen molar-refractivity contribution in [2.45, 2.75) is 32.6 Å². The van der Waals surface area contributed by atoms with Crippen molar-refractivity contribution in [2.24, 2.45) is 4.99 Å². The zero-order chi connectivity index (χ0) is 21.9. The van der Waals surface area contributed by atoms with Crippen LogP contribution in [0.4, 0.5) is 5.95 Å². The van der Waals surface area contributed by atoms with Crippen molar-refractivity contribution >= 4 is 11.9 Å². The summed E-state index contributed by atoms with van der Waals surface area (Å²) in [6, 6.07) is 12.5. The zero-order valence-corrected chi connectivity index (χ0v) is 19.2. The van der Waals surface area contributed by atoms with Crippen LogP contribution in [0.1, 0.15) is 32.8 Å². The molecule has 1 aliphatic heterocycles. The Morgan fingerprint density at radius 1 is 1.00 bits per heavy atom. The summed E-state index contributed by atoms with van der Waals surface area (Å²) in [4.78, 5) is 18.3. The van der Waals surface area contributed by atoms with E-state index in [0.29, 0.717) is 0 Å². The van der Waals surface area contributed by atoms with E-state index in [1.165, 1.54) is 5.56 Å². The van der Waals surface area contributed by atoms with Crippen LogP contribution >= 0.6 is 0 Å². The molecule has 1 aliphatic rings. The number of hydrogen-bond acceptors (Lipinski definition) is 5. The molecule has 0 unspecified atom stereocenters. The van der Waals surface area contributed by atoms with Crippen LogP contribution in [0, 0.1) is 0 Å². The third-order valence-corrected chi connectivity index (χ3v) is 5.68. The molecule has 1 aromatic heterocycles. The van der Waals surface area contributed by atoms with Crippen molar-refractivity contribution in [3.05, 3.63) is 54.4 Å². The molecule has 0 radical (unpaired) electrons. The van der Waals surface area contributed by atoms with Crippen LogP contribution in [0.3, 0.4) is 0 Å². The smallest absolute Gasteiger partial charge is 0.225 e. The molecule has 2 N–H and O–H groups in total. The van der Waals surface area contributed by atoms with Gasteiger partial charge in [-0.15, -0.1) is 0 Å². The van der Waals surface area contributed by atoms with Gasteiger partial charge in [-0.05, 0) is 31.5 Å². The predicted molar refractivity (Wildman–Crippen MR) is 129 cm³/mol. The number of anilines is 1. The largest absolute Gasteiger partial charge is 0.357 e. The zero-order valence-electron chi connectivity index (χ0n) is 19.2. The van der Waals surface area contributed by atoms with Gasteiger partial charge >= 0.3 is 0 Å². The fourth-order valence-electron chi connectivity index (χ4n) is 3.73. The van der Waals surface area contributed by atoms with Crippen LogP contribution < -0.4 is 15.5 Å². The molecule has 7 heteroatoms. The number of guanidine groups is 1. The normalized spacial score (nSPS) is 15.7. The third-order valence-electron chi connectivity index (χ3n) is 5.68. The first-order valence-corrected chi connectivity index (χ1v) is 11.4. The Morgan fingerprint density at radius 3 is 2.39 bits per heavy atom. The van der Waals surface area contributed by atoms with E-state index in [1.807, 2.05) is 18.5 Å². The van der Waals surface area contributed by atoms with E-state index in [4.69, 9.17) is 4.99 Å². The molecular weight excluding hydrogens is 386 g/mol.